The van der Waals surface area contributed by atoms with E-state index in [1.54, 1.807) is 7.11 Å². The first kappa shape index (κ1) is 22.6. The van der Waals surface area contributed by atoms with E-state index in [-0.39, 0.29) is 11.7 Å². The van der Waals surface area contributed by atoms with Crippen molar-refractivity contribution < 1.29 is 9.53 Å². The second-order valence-electron chi connectivity index (χ2n) is 7.75. The van der Waals surface area contributed by atoms with Crippen molar-refractivity contribution in [2.45, 2.75) is 25.4 Å². The van der Waals surface area contributed by atoms with Gasteiger partial charge < -0.3 is 10.1 Å². The van der Waals surface area contributed by atoms with Gasteiger partial charge in [0.1, 0.15) is 11.6 Å². The number of anilines is 1. The molecule has 0 aliphatic rings. The second kappa shape index (κ2) is 10.4. The SMILES string of the molecule is COc1ccc(Cc2nnc(SCC(=O)Nc3cc(C)ccc3C)n2-c2ccccc2)cc1. The summed E-state index contributed by atoms with van der Waals surface area (Å²) in [5.41, 5.74) is 5.04. The minimum absolute atomic E-state index is 0.0759. The summed E-state index contributed by atoms with van der Waals surface area (Å²) in [6.07, 6.45) is 0.612. The molecule has 0 saturated carbocycles. The van der Waals surface area contributed by atoms with Crippen molar-refractivity contribution in [1.82, 2.24) is 14.8 Å². The van der Waals surface area contributed by atoms with E-state index in [4.69, 9.17) is 4.74 Å². The van der Waals surface area contributed by atoms with Crippen LogP contribution in [0.15, 0.2) is 78.0 Å². The summed E-state index contributed by atoms with van der Waals surface area (Å²) < 4.78 is 7.27. The van der Waals surface area contributed by atoms with Crippen molar-refractivity contribution in [2.75, 3.05) is 18.2 Å². The third kappa shape index (κ3) is 5.62. The Labute approximate surface area is 198 Å². The number of nitrogens with one attached hydrogen (secondary N) is 1. The van der Waals surface area contributed by atoms with E-state index in [0.717, 1.165) is 39.6 Å². The van der Waals surface area contributed by atoms with Gasteiger partial charge in [-0.3, -0.25) is 9.36 Å². The van der Waals surface area contributed by atoms with E-state index in [2.05, 4.69) is 15.5 Å². The zero-order valence-corrected chi connectivity index (χ0v) is 19.7. The van der Waals surface area contributed by atoms with Crippen molar-refractivity contribution in [1.29, 1.82) is 0 Å². The molecule has 0 fully saturated rings. The smallest absolute Gasteiger partial charge is 0.234 e. The topological polar surface area (TPSA) is 69.0 Å². The van der Waals surface area contributed by atoms with Gasteiger partial charge in [0.25, 0.3) is 0 Å². The first-order chi connectivity index (χ1) is 16.0. The zero-order chi connectivity index (χ0) is 23.2. The van der Waals surface area contributed by atoms with Crippen LogP contribution in [0.25, 0.3) is 5.69 Å². The lowest BCUT2D eigenvalue weighted by Gasteiger charge is -2.11. The molecule has 4 aromatic rings. The van der Waals surface area contributed by atoms with Gasteiger partial charge in [-0.1, -0.05) is 54.2 Å². The maximum Gasteiger partial charge on any atom is 0.234 e. The molecule has 33 heavy (non-hydrogen) atoms. The molecule has 0 aliphatic heterocycles. The number of para-hydroxylation sites is 1. The van der Waals surface area contributed by atoms with Crippen LogP contribution in [-0.2, 0) is 11.2 Å². The summed E-state index contributed by atoms with van der Waals surface area (Å²) in [7, 11) is 1.65. The maximum atomic E-state index is 12.7. The van der Waals surface area contributed by atoms with Crippen LogP contribution in [0.3, 0.4) is 0 Å². The van der Waals surface area contributed by atoms with Gasteiger partial charge >= 0.3 is 0 Å². The Morgan fingerprint density at radius 3 is 2.48 bits per heavy atom. The van der Waals surface area contributed by atoms with Gasteiger partial charge in [-0.15, -0.1) is 10.2 Å². The Kier molecular flexibility index (Phi) is 7.10. The minimum Gasteiger partial charge on any atom is -0.497 e. The molecule has 0 spiro atoms. The highest BCUT2D eigenvalue weighted by Gasteiger charge is 2.17. The summed E-state index contributed by atoms with van der Waals surface area (Å²) in [6.45, 7) is 4.00. The highest BCUT2D eigenvalue weighted by Crippen LogP contribution is 2.25. The number of aryl methyl sites for hydroxylation is 2. The number of hydrogen-bond donors (Lipinski definition) is 1. The Morgan fingerprint density at radius 1 is 1.00 bits per heavy atom. The second-order valence-corrected chi connectivity index (χ2v) is 8.69. The lowest BCUT2D eigenvalue weighted by atomic mass is 10.1. The highest BCUT2D eigenvalue weighted by molar-refractivity contribution is 7.99. The van der Waals surface area contributed by atoms with Crippen LogP contribution < -0.4 is 10.1 Å². The monoisotopic (exact) mass is 458 g/mol. The summed E-state index contributed by atoms with van der Waals surface area (Å²) in [5.74, 6) is 1.78. The van der Waals surface area contributed by atoms with Crippen molar-refractivity contribution >= 4 is 23.4 Å². The van der Waals surface area contributed by atoms with Crippen molar-refractivity contribution in [3.05, 3.63) is 95.3 Å². The summed E-state index contributed by atoms with van der Waals surface area (Å²) in [6, 6.07) is 23.9. The first-order valence-corrected chi connectivity index (χ1v) is 11.6. The molecule has 4 rings (SSSR count). The lowest BCUT2D eigenvalue weighted by Crippen LogP contribution is -2.15. The Bertz CT molecular complexity index is 1240. The molecule has 1 heterocycles. The predicted octanol–water partition coefficient (Wildman–Crippen LogP) is 5.21. The molecule has 3 aromatic carbocycles. The molecule has 1 amide bonds. The third-order valence-electron chi connectivity index (χ3n) is 5.24. The molecule has 168 valence electrons. The molecule has 1 aromatic heterocycles. The number of nitrogens with zero attached hydrogens (tertiary/aromatic N) is 3. The number of rotatable bonds is 8. The van der Waals surface area contributed by atoms with Gasteiger partial charge in [0.15, 0.2) is 5.16 Å². The van der Waals surface area contributed by atoms with Crippen LogP contribution in [0.4, 0.5) is 5.69 Å². The largest absolute Gasteiger partial charge is 0.497 e. The van der Waals surface area contributed by atoms with Crippen LogP contribution >= 0.6 is 11.8 Å². The maximum absolute atomic E-state index is 12.7. The lowest BCUT2D eigenvalue weighted by molar-refractivity contribution is -0.113. The van der Waals surface area contributed by atoms with Gasteiger partial charge in [-0.25, -0.2) is 0 Å². The average Bonchev–Trinajstić information content (AvgIpc) is 3.23. The summed E-state index contributed by atoms with van der Waals surface area (Å²) in [5, 5.41) is 12.5. The van der Waals surface area contributed by atoms with E-state index in [1.165, 1.54) is 11.8 Å². The van der Waals surface area contributed by atoms with Crippen molar-refractivity contribution in [3.63, 3.8) is 0 Å². The fourth-order valence-electron chi connectivity index (χ4n) is 3.46. The predicted molar refractivity (Wildman–Crippen MR) is 132 cm³/mol. The third-order valence-corrected chi connectivity index (χ3v) is 6.16. The summed E-state index contributed by atoms with van der Waals surface area (Å²) >= 11 is 1.37. The molecule has 6 nitrogen and oxygen atoms in total. The number of aromatic nitrogens is 3. The fraction of sp³-hybridized carbons (Fsp3) is 0.192. The molecule has 1 N–H and O–H groups in total. The van der Waals surface area contributed by atoms with Gasteiger partial charge in [0.05, 0.1) is 12.9 Å². The Hall–Kier alpha value is -3.58. The molecule has 0 saturated heterocycles. The van der Waals surface area contributed by atoms with Crippen LogP contribution in [0.2, 0.25) is 0 Å². The van der Waals surface area contributed by atoms with Gasteiger partial charge in [-0.05, 0) is 60.9 Å². The molecular formula is C26H26N4O2S. The highest BCUT2D eigenvalue weighted by atomic mass is 32.2. The van der Waals surface area contributed by atoms with E-state index in [1.807, 2.05) is 91.2 Å². The van der Waals surface area contributed by atoms with E-state index in [0.29, 0.717) is 11.6 Å². The molecule has 0 bridgehead atoms. The molecule has 0 aliphatic carbocycles. The fourth-order valence-corrected chi connectivity index (χ4v) is 4.23. The number of methoxy groups -OCH3 is 1. The van der Waals surface area contributed by atoms with E-state index < -0.39 is 0 Å². The van der Waals surface area contributed by atoms with Crippen LogP contribution in [0.5, 0.6) is 5.75 Å². The number of ether oxygens (including phenoxy) is 1. The number of benzene rings is 3. The average molecular weight is 459 g/mol. The molecule has 7 heteroatoms. The zero-order valence-electron chi connectivity index (χ0n) is 18.9. The van der Waals surface area contributed by atoms with Gasteiger partial charge in [0.2, 0.25) is 5.91 Å². The van der Waals surface area contributed by atoms with Crippen molar-refractivity contribution in [3.8, 4) is 11.4 Å². The van der Waals surface area contributed by atoms with Gasteiger partial charge in [0, 0.05) is 17.8 Å². The Morgan fingerprint density at radius 2 is 1.76 bits per heavy atom. The minimum atomic E-state index is -0.0759. The van der Waals surface area contributed by atoms with Crippen LogP contribution in [0, 0.1) is 13.8 Å². The van der Waals surface area contributed by atoms with Crippen LogP contribution in [0.1, 0.15) is 22.5 Å². The van der Waals surface area contributed by atoms with E-state index in [9.17, 15) is 4.79 Å². The first-order valence-electron chi connectivity index (χ1n) is 10.7. The molecule has 0 atom stereocenters. The van der Waals surface area contributed by atoms with Crippen LogP contribution in [-0.4, -0.2) is 33.5 Å². The molecular weight excluding hydrogens is 432 g/mol. The van der Waals surface area contributed by atoms with Gasteiger partial charge in [-0.2, -0.15) is 0 Å². The van der Waals surface area contributed by atoms with Crippen molar-refractivity contribution in [2.24, 2.45) is 0 Å². The normalized spacial score (nSPS) is 10.8. The Balaban J connectivity index is 1.53. The quantitative estimate of drug-likeness (QED) is 0.367. The molecule has 0 unspecified atom stereocenters. The standard InChI is InChI=1S/C26H26N4O2S/c1-18-9-10-19(2)23(15-18)27-25(31)17-33-26-29-28-24(30(26)21-7-5-4-6-8-21)16-20-11-13-22(32-3)14-12-20/h4-15H,16-17H2,1-3H3,(H,27,31). The molecule has 0 radical (unpaired) electrons. The number of carbonyl (C=O) groups excluding carboxylic acids is 1. The number of carbonyl (C=O) groups is 1. The van der Waals surface area contributed by atoms with E-state index >= 15 is 0 Å². The summed E-state index contributed by atoms with van der Waals surface area (Å²) in [4.78, 5) is 12.7. The number of hydrogen-bond acceptors (Lipinski definition) is 5. The number of thioether (sulfide) groups is 1. The number of amides is 1.